The van der Waals surface area contributed by atoms with Gasteiger partial charge in [0.15, 0.2) is 9.84 Å². The highest BCUT2D eigenvalue weighted by Crippen LogP contribution is 2.32. The second kappa shape index (κ2) is 6.74. The SMILES string of the molecule is Cc1ccc(S(=O)(=O)CC(=O)Nc2sc(C)c(C)c2C(N)=O)cc1. The molecular formula is C16H18N2O4S2. The molecule has 6 nitrogen and oxygen atoms in total. The van der Waals surface area contributed by atoms with E-state index in [4.69, 9.17) is 5.73 Å². The van der Waals surface area contributed by atoms with Gasteiger partial charge in [-0.1, -0.05) is 17.7 Å². The molecule has 0 fully saturated rings. The molecule has 1 aromatic heterocycles. The van der Waals surface area contributed by atoms with Gasteiger partial charge in [0, 0.05) is 4.88 Å². The highest BCUT2D eigenvalue weighted by atomic mass is 32.2. The molecule has 2 amide bonds. The van der Waals surface area contributed by atoms with Crippen molar-refractivity contribution in [2.24, 2.45) is 5.73 Å². The van der Waals surface area contributed by atoms with Gasteiger partial charge in [-0.3, -0.25) is 9.59 Å². The topological polar surface area (TPSA) is 106 Å². The third-order valence-electron chi connectivity index (χ3n) is 3.59. The van der Waals surface area contributed by atoms with Crippen LogP contribution in [0.15, 0.2) is 29.2 Å². The van der Waals surface area contributed by atoms with Gasteiger partial charge in [0.25, 0.3) is 5.91 Å². The molecule has 8 heteroatoms. The smallest absolute Gasteiger partial charge is 0.251 e. The van der Waals surface area contributed by atoms with Crippen LogP contribution in [-0.2, 0) is 14.6 Å². The van der Waals surface area contributed by atoms with Gasteiger partial charge in [-0.15, -0.1) is 11.3 Å². The lowest BCUT2D eigenvalue weighted by Gasteiger charge is -2.07. The first-order valence-corrected chi connectivity index (χ1v) is 9.57. The van der Waals surface area contributed by atoms with Crippen molar-refractivity contribution in [3.8, 4) is 0 Å². The Balaban J connectivity index is 2.21. The van der Waals surface area contributed by atoms with Crippen LogP contribution in [0.1, 0.15) is 26.4 Å². The van der Waals surface area contributed by atoms with Crippen LogP contribution < -0.4 is 11.1 Å². The molecule has 1 heterocycles. The van der Waals surface area contributed by atoms with E-state index in [1.165, 1.54) is 23.5 Å². The largest absolute Gasteiger partial charge is 0.365 e. The van der Waals surface area contributed by atoms with Crippen LogP contribution in [0, 0.1) is 20.8 Å². The van der Waals surface area contributed by atoms with Crippen molar-refractivity contribution in [2.45, 2.75) is 25.7 Å². The third-order valence-corrected chi connectivity index (χ3v) is 6.34. The van der Waals surface area contributed by atoms with Crippen LogP contribution in [0.25, 0.3) is 0 Å². The number of nitrogens with two attached hydrogens (primary N) is 1. The normalized spacial score (nSPS) is 11.3. The Kier molecular flexibility index (Phi) is 5.10. The standard InChI is InChI=1S/C16H18N2O4S2/c1-9-4-6-12(7-5-9)24(21,22)8-13(19)18-16-14(15(17)20)10(2)11(3)23-16/h4-7H,8H2,1-3H3,(H2,17,20)(H,18,19). The summed E-state index contributed by atoms with van der Waals surface area (Å²) in [6.45, 7) is 5.37. The number of hydrogen-bond acceptors (Lipinski definition) is 5. The van der Waals surface area contributed by atoms with Crippen molar-refractivity contribution in [3.63, 3.8) is 0 Å². The number of benzene rings is 1. The van der Waals surface area contributed by atoms with Crippen LogP contribution in [-0.4, -0.2) is 26.0 Å². The predicted octanol–water partition coefficient (Wildman–Crippen LogP) is 2.18. The van der Waals surface area contributed by atoms with E-state index in [2.05, 4.69) is 5.32 Å². The first kappa shape index (κ1) is 18.2. The van der Waals surface area contributed by atoms with Crippen molar-refractivity contribution in [2.75, 3.05) is 11.1 Å². The highest BCUT2D eigenvalue weighted by molar-refractivity contribution is 7.92. The molecule has 0 spiro atoms. The maximum atomic E-state index is 12.3. The van der Waals surface area contributed by atoms with Crippen molar-refractivity contribution in [1.29, 1.82) is 0 Å². The molecule has 2 rings (SSSR count). The number of primary amides is 1. The molecule has 128 valence electrons. The van der Waals surface area contributed by atoms with E-state index >= 15 is 0 Å². The van der Waals surface area contributed by atoms with E-state index in [1.807, 2.05) is 6.92 Å². The molecule has 0 atom stereocenters. The number of sulfone groups is 1. The number of carbonyl (C=O) groups is 2. The maximum Gasteiger partial charge on any atom is 0.251 e. The molecule has 3 N–H and O–H groups in total. The molecule has 0 bridgehead atoms. The number of rotatable bonds is 5. The Bertz CT molecular complexity index is 897. The van der Waals surface area contributed by atoms with Gasteiger partial charge in [0.1, 0.15) is 10.8 Å². The minimum absolute atomic E-state index is 0.0805. The van der Waals surface area contributed by atoms with Crippen LogP contribution in [0.3, 0.4) is 0 Å². The summed E-state index contributed by atoms with van der Waals surface area (Å²) in [5.74, 6) is -2.07. The van der Waals surface area contributed by atoms with Gasteiger partial charge in [-0.2, -0.15) is 0 Å². The van der Waals surface area contributed by atoms with E-state index in [9.17, 15) is 18.0 Å². The Labute approximate surface area is 144 Å². The number of anilines is 1. The average Bonchev–Trinajstić information content (AvgIpc) is 2.73. The van der Waals surface area contributed by atoms with Crippen LogP contribution in [0.4, 0.5) is 5.00 Å². The zero-order valence-electron chi connectivity index (χ0n) is 13.5. The third kappa shape index (κ3) is 3.82. The zero-order chi connectivity index (χ0) is 18.1. The molecule has 2 aromatic rings. The van der Waals surface area contributed by atoms with E-state index in [0.29, 0.717) is 5.56 Å². The van der Waals surface area contributed by atoms with Crippen LogP contribution in [0.2, 0.25) is 0 Å². The Morgan fingerprint density at radius 1 is 1.12 bits per heavy atom. The minimum Gasteiger partial charge on any atom is -0.365 e. The van der Waals surface area contributed by atoms with Gasteiger partial charge in [-0.05, 0) is 38.5 Å². The zero-order valence-corrected chi connectivity index (χ0v) is 15.2. The maximum absolute atomic E-state index is 12.3. The van der Waals surface area contributed by atoms with Crippen LogP contribution in [0.5, 0.6) is 0 Å². The number of amides is 2. The van der Waals surface area contributed by atoms with Crippen molar-refractivity contribution in [1.82, 2.24) is 0 Å². The summed E-state index contributed by atoms with van der Waals surface area (Å²) in [6.07, 6.45) is 0. The number of hydrogen-bond donors (Lipinski definition) is 2. The fourth-order valence-corrected chi connectivity index (χ4v) is 4.39. The summed E-state index contributed by atoms with van der Waals surface area (Å²) in [4.78, 5) is 24.6. The predicted molar refractivity (Wildman–Crippen MR) is 94.2 cm³/mol. The first-order chi connectivity index (χ1) is 11.1. The van der Waals surface area contributed by atoms with E-state index in [1.54, 1.807) is 26.0 Å². The summed E-state index contributed by atoms with van der Waals surface area (Å²) in [5, 5.41) is 2.77. The van der Waals surface area contributed by atoms with Gasteiger partial charge in [-0.25, -0.2) is 8.42 Å². The molecule has 0 unspecified atom stereocenters. The summed E-state index contributed by atoms with van der Waals surface area (Å²) in [6, 6.07) is 6.27. The molecule has 0 saturated carbocycles. The van der Waals surface area contributed by atoms with E-state index in [-0.39, 0.29) is 15.5 Å². The fourth-order valence-electron chi connectivity index (χ4n) is 2.18. The van der Waals surface area contributed by atoms with Gasteiger partial charge in [0.05, 0.1) is 10.5 Å². The van der Waals surface area contributed by atoms with Gasteiger partial charge < -0.3 is 11.1 Å². The lowest BCUT2D eigenvalue weighted by molar-refractivity contribution is -0.113. The highest BCUT2D eigenvalue weighted by Gasteiger charge is 2.23. The lowest BCUT2D eigenvalue weighted by Crippen LogP contribution is -2.24. The quantitative estimate of drug-likeness (QED) is 0.846. The number of thiophene rings is 1. The number of nitrogens with one attached hydrogen (secondary N) is 1. The molecule has 0 saturated heterocycles. The van der Waals surface area contributed by atoms with Crippen molar-refractivity contribution >= 4 is 38.0 Å². The summed E-state index contributed by atoms with van der Waals surface area (Å²) >= 11 is 1.19. The number of aryl methyl sites for hydroxylation is 2. The second-order valence-corrected chi connectivity index (χ2v) is 8.69. The Hall–Kier alpha value is -2.19. The minimum atomic E-state index is -3.76. The van der Waals surface area contributed by atoms with E-state index in [0.717, 1.165) is 10.4 Å². The molecule has 0 aliphatic rings. The molecule has 0 aliphatic heterocycles. The van der Waals surface area contributed by atoms with Crippen molar-refractivity contribution in [3.05, 3.63) is 45.8 Å². The van der Waals surface area contributed by atoms with E-state index < -0.39 is 27.4 Å². The monoisotopic (exact) mass is 366 g/mol. The summed E-state index contributed by atoms with van der Waals surface area (Å²) in [5.41, 5.74) is 7.17. The molecule has 0 aliphatic carbocycles. The Morgan fingerprint density at radius 2 is 1.71 bits per heavy atom. The molecule has 0 radical (unpaired) electrons. The first-order valence-electron chi connectivity index (χ1n) is 7.11. The van der Waals surface area contributed by atoms with Gasteiger partial charge in [0.2, 0.25) is 5.91 Å². The number of carbonyl (C=O) groups excluding carboxylic acids is 2. The summed E-state index contributed by atoms with van der Waals surface area (Å²) < 4.78 is 24.6. The Morgan fingerprint density at radius 3 is 2.25 bits per heavy atom. The molecular weight excluding hydrogens is 348 g/mol. The lowest BCUT2D eigenvalue weighted by atomic mass is 10.1. The molecule has 1 aromatic carbocycles. The summed E-state index contributed by atoms with van der Waals surface area (Å²) in [7, 11) is -3.76. The van der Waals surface area contributed by atoms with Gasteiger partial charge >= 0.3 is 0 Å². The second-order valence-electron chi connectivity index (χ2n) is 5.47. The van der Waals surface area contributed by atoms with Crippen molar-refractivity contribution < 1.29 is 18.0 Å². The molecule has 24 heavy (non-hydrogen) atoms. The fraction of sp³-hybridized carbons (Fsp3) is 0.250. The average molecular weight is 366 g/mol. The van der Waals surface area contributed by atoms with Crippen LogP contribution >= 0.6 is 11.3 Å².